The molecule has 0 spiro atoms. The monoisotopic (exact) mass is 237 g/mol. The van der Waals surface area contributed by atoms with E-state index in [2.05, 4.69) is 11.8 Å². The Hall–Kier alpha value is -1.55. The van der Waals surface area contributed by atoms with Gasteiger partial charge < -0.3 is 14.7 Å². The average Bonchev–Trinajstić information content (AvgIpc) is 2.30. The summed E-state index contributed by atoms with van der Waals surface area (Å²) in [5, 5.41) is 8.96. The van der Waals surface area contributed by atoms with Crippen molar-refractivity contribution in [3.05, 3.63) is 29.8 Å². The first-order valence-corrected chi connectivity index (χ1v) is 5.69. The van der Waals surface area contributed by atoms with E-state index < -0.39 is 5.97 Å². The molecule has 1 aromatic carbocycles. The van der Waals surface area contributed by atoms with E-state index in [4.69, 9.17) is 9.84 Å². The number of methoxy groups -OCH3 is 1. The molecule has 0 fully saturated rings. The number of benzene rings is 1. The van der Waals surface area contributed by atoms with Crippen LogP contribution < -0.4 is 4.90 Å². The molecule has 4 heteroatoms. The molecule has 94 valence electrons. The molecule has 1 rings (SSSR count). The lowest BCUT2D eigenvalue weighted by atomic mass is 10.1. The van der Waals surface area contributed by atoms with Gasteiger partial charge in [0.1, 0.15) is 0 Å². The Kier molecular flexibility index (Phi) is 4.97. The van der Waals surface area contributed by atoms with Crippen molar-refractivity contribution < 1.29 is 14.6 Å². The minimum absolute atomic E-state index is 0.217. The summed E-state index contributed by atoms with van der Waals surface area (Å²) in [6.45, 7) is 5.53. The molecule has 1 atom stereocenters. The van der Waals surface area contributed by atoms with Crippen molar-refractivity contribution in [1.82, 2.24) is 0 Å². The minimum Gasteiger partial charge on any atom is -0.478 e. The molecule has 17 heavy (non-hydrogen) atoms. The molecular weight excluding hydrogens is 218 g/mol. The predicted molar refractivity (Wildman–Crippen MR) is 67.8 cm³/mol. The molecule has 1 aromatic rings. The van der Waals surface area contributed by atoms with E-state index in [1.165, 1.54) is 0 Å². The number of hydrogen-bond donors (Lipinski definition) is 1. The topological polar surface area (TPSA) is 49.8 Å². The molecule has 0 saturated heterocycles. The zero-order valence-electron chi connectivity index (χ0n) is 10.5. The summed E-state index contributed by atoms with van der Waals surface area (Å²) in [5.41, 5.74) is 1.22. The molecule has 0 heterocycles. The zero-order valence-corrected chi connectivity index (χ0v) is 10.5. The number of carboxylic acids is 1. The van der Waals surface area contributed by atoms with Crippen LogP contribution in [0.3, 0.4) is 0 Å². The standard InChI is InChI=1S/C13H19NO3/c1-4-14(10(2)9-17-3)12-7-5-6-11(8-12)13(15)16/h5-8,10H,4,9H2,1-3H3,(H,15,16). The lowest BCUT2D eigenvalue weighted by Gasteiger charge is -2.29. The van der Waals surface area contributed by atoms with Gasteiger partial charge in [0, 0.05) is 25.4 Å². The minimum atomic E-state index is -0.901. The Morgan fingerprint density at radius 3 is 2.76 bits per heavy atom. The number of aromatic carboxylic acids is 1. The van der Waals surface area contributed by atoms with E-state index in [1.54, 1.807) is 25.3 Å². The predicted octanol–water partition coefficient (Wildman–Crippen LogP) is 2.25. The lowest BCUT2D eigenvalue weighted by molar-refractivity contribution is 0.0697. The summed E-state index contributed by atoms with van der Waals surface area (Å²) in [4.78, 5) is 13.0. The Labute approximate surface area is 102 Å². The van der Waals surface area contributed by atoms with Gasteiger partial charge in [-0.1, -0.05) is 6.07 Å². The number of rotatable bonds is 6. The molecule has 0 amide bonds. The van der Waals surface area contributed by atoms with Gasteiger partial charge in [0.15, 0.2) is 0 Å². The van der Waals surface area contributed by atoms with Crippen LogP contribution in [0.15, 0.2) is 24.3 Å². The van der Waals surface area contributed by atoms with Crippen LogP contribution >= 0.6 is 0 Å². The molecule has 4 nitrogen and oxygen atoms in total. The van der Waals surface area contributed by atoms with Crippen LogP contribution in [0, 0.1) is 0 Å². The molecule has 0 aliphatic rings. The third kappa shape index (κ3) is 3.46. The number of carbonyl (C=O) groups is 1. The van der Waals surface area contributed by atoms with Crippen molar-refractivity contribution in [2.45, 2.75) is 19.9 Å². The van der Waals surface area contributed by atoms with Gasteiger partial charge in [0.25, 0.3) is 0 Å². The summed E-state index contributed by atoms with van der Waals surface area (Å²) in [7, 11) is 1.66. The number of carboxylic acid groups (broad SMARTS) is 1. The fraction of sp³-hybridized carbons (Fsp3) is 0.462. The first kappa shape index (κ1) is 13.5. The van der Waals surface area contributed by atoms with Crippen LogP contribution in [-0.4, -0.2) is 37.4 Å². The molecule has 0 radical (unpaired) electrons. The van der Waals surface area contributed by atoms with Gasteiger partial charge in [-0.25, -0.2) is 4.79 Å². The number of ether oxygens (including phenoxy) is 1. The second kappa shape index (κ2) is 6.25. The maximum absolute atomic E-state index is 10.9. The highest BCUT2D eigenvalue weighted by atomic mass is 16.5. The number of anilines is 1. The van der Waals surface area contributed by atoms with Crippen molar-refractivity contribution in [3.8, 4) is 0 Å². The van der Waals surface area contributed by atoms with Gasteiger partial charge in [-0.3, -0.25) is 0 Å². The first-order valence-electron chi connectivity index (χ1n) is 5.69. The Morgan fingerprint density at radius 1 is 1.53 bits per heavy atom. The van der Waals surface area contributed by atoms with Gasteiger partial charge in [-0.2, -0.15) is 0 Å². The Bertz CT molecular complexity index is 379. The number of likely N-dealkylation sites (N-methyl/N-ethyl adjacent to an activating group) is 1. The molecule has 0 aliphatic carbocycles. The van der Waals surface area contributed by atoms with E-state index in [0.717, 1.165) is 12.2 Å². The Morgan fingerprint density at radius 2 is 2.24 bits per heavy atom. The molecule has 0 aromatic heterocycles. The van der Waals surface area contributed by atoms with Crippen molar-refractivity contribution in [1.29, 1.82) is 0 Å². The fourth-order valence-corrected chi connectivity index (χ4v) is 1.90. The van der Waals surface area contributed by atoms with Gasteiger partial charge in [-0.15, -0.1) is 0 Å². The largest absolute Gasteiger partial charge is 0.478 e. The second-order valence-corrected chi connectivity index (χ2v) is 3.95. The van der Waals surface area contributed by atoms with Crippen LogP contribution in [0.4, 0.5) is 5.69 Å². The van der Waals surface area contributed by atoms with Crippen molar-refractivity contribution in [2.24, 2.45) is 0 Å². The van der Waals surface area contributed by atoms with Crippen LogP contribution in [0.5, 0.6) is 0 Å². The van der Waals surface area contributed by atoms with Gasteiger partial charge in [0.05, 0.1) is 12.2 Å². The van der Waals surface area contributed by atoms with Crippen LogP contribution in [0.1, 0.15) is 24.2 Å². The molecule has 0 bridgehead atoms. The summed E-state index contributed by atoms with van der Waals surface area (Å²) < 4.78 is 5.13. The highest BCUT2D eigenvalue weighted by molar-refractivity contribution is 5.88. The third-order valence-electron chi connectivity index (χ3n) is 2.71. The summed E-state index contributed by atoms with van der Waals surface area (Å²) in [6, 6.07) is 7.19. The van der Waals surface area contributed by atoms with Crippen LogP contribution in [0.25, 0.3) is 0 Å². The van der Waals surface area contributed by atoms with E-state index in [0.29, 0.717) is 12.2 Å². The van der Waals surface area contributed by atoms with Crippen molar-refractivity contribution in [3.63, 3.8) is 0 Å². The molecule has 0 aliphatic heterocycles. The highest BCUT2D eigenvalue weighted by Crippen LogP contribution is 2.18. The summed E-state index contributed by atoms with van der Waals surface area (Å²) in [5.74, 6) is -0.901. The normalized spacial score (nSPS) is 12.2. The summed E-state index contributed by atoms with van der Waals surface area (Å²) in [6.07, 6.45) is 0. The molecule has 0 saturated carbocycles. The lowest BCUT2D eigenvalue weighted by Crippen LogP contribution is -2.36. The quantitative estimate of drug-likeness (QED) is 0.824. The molecular formula is C13H19NO3. The molecule has 1 N–H and O–H groups in total. The SMILES string of the molecule is CCN(c1cccc(C(=O)O)c1)C(C)COC. The van der Waals surface area contributed by atoms with Crippen molar-refractivity contribution in [2.75, 3.05) is 25.2 Å². The van der Waals surface area contributed by atoms with Crippen molar-refractivity contribution >= 4 is 11.7 Å². The average molecular weight is 237 g/mol. The van der Waals surface area contributed by atoms with Crippen LogP contribution in [0.2, 0.25) is 0 Å². The maximum atomic E-state index is 10.9. The third-order valence-corrected chi connectivity index (χ3v) is 2.71. The van der Waals surface area contributed by atoms with Gasteiger partial charge in [0.2, 0.25) is 0 Å². The van der Waals surface area contributed by atoms with Gasteiger partial charge >= 0.3 is 5.97 Å². The van der Waals surface area contributed by atoms with E-state index in [9.17, 15) is 4.79 Å². The Balaban J connectivity index is 2.95. The zero-order chi connectivity index (χ0) is 12.8. The smallest absolute Gasteiger partial charge is 0.335 e. The highest BCUT2D eigenvalue weighted by Gasteiger charge is 2.14. The fourth-order valence-electron chi connectivity index (χ4n) is 1.90. The van der Waals surface area contributed by atoms with Crippen LogP contribution in [-0.2, 0) is 4.74 Å². The van der Waals surface area contributed by atoms with E-state index in [-0.39, 0.29) is 6.04 Å². The number of nitrogens with zero attached hydrogens (tertiary/aromatic N) is 1. The molecule has 1 unspecified atom stereocenters. The number of hydrogen-bond acceptors (Lipinski definition) is 3. The van der Waals surface area contributed by atoms with E-state index >= 15 is 0 Å². The second-order valence-electron chi connectivity index (χ2n) is 3.95. The summed E-state index contributed by atoms with van der Waals surface area (Å²) >= 11 is 0. The maximum Gasteiger partial charge on any atom is 0.335 e. The van der Waals surface area contributed by atoms with E-state index in [1.807, 2.05) is 13.0 Å². The van der Waals surface area contributed by atoms with Gasteiger partial charge in [-0.05, 0) is 32.0 Å². The first-order chi connectivity index (χ1) is 8.10.